The molecule has 10 rings (SSSR count). The second-order valence-corrected chi connectivity index (χ2v) is 23.6. The van der Waals surface area contributed by atoms with Crippen LogP contribution in [0.25, 0.3) is 56.3 Å². The van der Waals surface area contributed by atoms with Crippen molar-refractivity contribution in [2.75, 3.05) is 0 Å². The van der Waals surface area contributed by atoms with Crippen LogP contribution in [0.1, 0.15) is 179 Å². The van der Waals surface area contributed by atoms with Crippen LogP contribution < -0.4 is 22.8 Å². The highest BCUT2D eigenvalue weighted by atomic mass is 14.9. The van der Waals surface area contributed by atoms with Crippen molar-refractivity contribution in [1.82, 2.24) is 0 Å². The quantitative estimate of drug-likeness (QED) is 0.135. The zero-order valence-corrected chi connectivity index (χ0v) is 55.6. The molecular formula is C84H108N5+5. The van der Waals surface area contributed by atoms with Crippen molar-refractivity contribution in [2.24, 2.45) is 35.2 Å². The molecule has 5 aromatic carbocycles. The molecule has 5 nitrogen and oxygen atoms in total. The van der Waals surface area contributed by atoms with E-state index in [0.29, 0.717) is 22.3 Å². The van der Waals surface area contributed by atoms with Gasteiger partial charge in [-0.15, -0.1) is 0 Å². The molecule has 5 aromatic heterocycles. The summed E-state index contributed by atoms with van der Waals surface area (Å²) in [7, 11) is 9.47. The lowest BCUT2D eigenvalue weighted by Gasteiger charge is -2.11. The number of hydrogen-bond donors (Lipinski definition) is 0. The number of aromatic nitrogens is 5. The Hall–Kier alpha value is -8.15. The summed E-state index contributed by atoms with van der Waals surface area (Å²) in [6, 6.07) is 36.4. The Morgan fingerprint density at radius 3 is 0.944 bits per heavy atom. The molecule has 0 radical (unpaired) electrons. The van der Waals surface area contributed by atoms with Gasteiger partial charge in [0, 0.05) is 119 Å². The Morgan fingerprint density at radius 2 is 0.640 bits per heavy atom. The topological polar surface area (TPSA) is 19.4 Å². The first kappa shape index (κ1) is 42.0. The van der Waals surface area contributed by atoms with E-state index < -0.39 is 60.7 Å². The number of rotatable bonds is 8. The fraction of sp³-hybridized carbons (Fsp3) is 0.345. The normalized spacial score (nSPS) is 16.7. The van der Waals surface area contributed by atoms with Crippen LogP contribution >= 0.6 is 0 Å². The number of pyridine rings is 5. The SMILES string of the molecule is [2H]C([2H])([2H])Cc1ccc(-c2c(C)c(C)cc[n+]2C)c(C)c1.[2H]C([2H])([2H])Cc1ccc(-c2c(C)cc(C([2H])([2H])[2H])c[n+]2C)c(C)c1.[2H]C([2H])([2H])c1cc(C)c(-c2ccc(C([2H])(C)C([2H])([2H])[2H])cc2C)[n+](C)c1.[2H]C([2H])([2H])c1ccc(-c2c(C)c(C)cc[n+]2C)c(C)c1.[2H]C([2H])([2H])c1ccc(-c2c(C)cc(C([2H])([2H])[2H])c[n+]2C)c(C)c1. The zero-order chi connectivity index (χ0) is 86.8. The summed E-state index contributed by atoms with van der Waals surface area (Å²) >= 11 is 0. The van der Waals surface area contributed by atoms with Gasteiger partial charge in [0.05, 0.1) is 0 Å². The molecule has 0 aliphatic rings. The van der Waals surface area contributed by atoms with Gasteiger partial charge in [-0.05, 0) is 240 Å². The van der Waals surface area contributed by atoms with Gasteiger partial charge in [-0.25, -0.2) is 22.8 Å². The summed E-state index contributed by atoms with van der Waals surface area (Å²) < 4.78 is 198. The Bertz CT molecular complexity index is 5070. The number of nitrogens with zero attached hydrogens (tertiary/aromatic N) is 5. The van der Waals surface area contributed by atoms with E-state index in [9.17, 15) is 0 Å². The Kier molecular flexibility index (Phi) is 14.5. The van der Waals surface area contributed by atoms with Crippen molar-refractivity contribution in [2.45, 2.75) is 164 Å². The van der Waals surface area contributed by atoms with Crippen LogP contribution in [0.15, 0.2) is 152 Å². The van der Waals surface area contributed by atoms with Crippen LogP contribution in [0.5, 0.6) is 0 Å². The zero-order valence-electron chi connectivity index (χ0n) is 80.6. The van der Waals surface area contributed by atoms with E-state index in [2.05, 4.69) is 55.2 Å². The third-order valence-electron chi connectivity index (χ3n) is 16.4. The second kappa shape index (κ2) is 30.9. The van der Waals surface area contributed by atoms with Crippen molar-refractivity contribution in [3.8, 4) is 56.3 Å². The second-order valence-electron chi connectivity index (χ2n) is 23.6. The molecule has 0 aliphatic heterocycles. The van der Waals surface area contributed by atoms with E-state index in [1.807, 2.05) is 130 Å². The van der Waals surface area contributed by atoms with Gasteiger partial charge in [0.25, 0.3) is 0 Å². The first-order valence-corrected chi connectivity index (χ1v) is 29.8. The third-order valence-corrected chi connectivity index (χ3v) is 16.4. The number of aryl methyl sites for hydroxylation is 22. The fourth-order valence-electron chi connectivity index (χ4n) is 11.6. The first-order valence-electron chi connectivity index (χ1n) is 42.3. The summed E-state index contributed by atoms with van der Waals surface area (Å²) in [5.74, 6) is -1.70. The highest BCUT2D eigenvalue weighted by Gasteiger charge is 2.22. The summed E-state index contributed by atoms with van der Waals surface area (Å²) in [5, 5.41) is 0. The summed E-state index contributed by atoms with van der Waals surface area (Å²) in [6.07, 6.45) is 9.09. The van der Waals surface area contributed by atoms with E-state index >= 15 is 0 Å². The van der Waals surface area contributed by atoms with Crippen LogP contribution in [0, 0.1) is 117 Å². The maximum Gasteiger partial charge on any atom is 0.215 e. The minimum Gasteiger partial charge on any atom is -0.201 e. The average Bonchev–Trinajstić information content (AvgIpc) is 0.787. The highest BCUT2D eigenvalue weighted by Crippen LogP contribution is 2.31. The molecule has 0 aliphatic carbocycles. The maximum absolute atomic E-state index is 8.24. The molecule has 5 heterocycles. The third kappa shape index (κ3) is 17.4. The van der Waals surface area contributed by atoms with E-state index in [-0.39, 0.29) is 24.0 Å². The lowest BCUT2D eigenvalue weighted by molar-refractivity contribution is -0.661. The molecule has 10 aromatic rings. The minimum atomic E-state index is -2.43. The standard InChI is InChI=1S/C18H24N.2C17H22N.2C16H20N/c1-12(2)16-7-8-17(14(4)10-16)18-15(5)9-13(3)11-19(18)6;1-6-15-7-8-16(13(3)10-15)17-14(4)9-12(2)11-18(17)5;1-6-15-7-8-16(13(3)11-15)17-14(4)12(2)9-10-18(17)5;1-11-6-7-15(13(3)8-11)16-14(4)9-12(2)10-17(16)5;1-11-6-7-15(13(3)10-11)16-14(4)12(2)8-9-17(16)5/h7-12H,1-6H3;2*7-11H,6H2,1-5H3;2*6-10H,1-5H3/q5*+1/i1D3,3D3,12D;1D3,2D3;1D3;1D3,2D3;1D3. The smallest absolute Gasteiger partial charge is 0.201 e. The molecule has 0 amide bonds. The molecular weight excluding hydrogens is 1080 g/mol. The molecule has 89 heavy (non-hydrogen) atoms. The molecule has 0 bridgehead atoms. The first-order chi connectivity index (χ1) is 51.9. The molecule has 1 unspecified atom stereocenters. The molecule has 1 atom stereocenters. The van der Waals surface area contributed by atoms with Gasteiger partial charge in [-0.1, -0.05) is 99.3 Å². The molecule has 0 saturated heterocycles. The summed E-state index contributed by atoms with van der Waals surface area (Å²) in [6.45, 7) is 8.12. The Balaban J connectivity index is 0.000000222. The van der Waals surface area contributed by atoms with Crippen molar-refractivity contribution in [3.05, 3.63) is 264 Å². The van der Waals surface area contributed by atoms with Gasteiger partial charge >= 0.3 is 0 Å². The van der Waals surface area contributed by atoms with E-state index in [1.54, 1.807) is 109 Å². The van der Waals surface area contributed by atoms with Gasteiger partial charge in [0.1, 0.15) is 35.2 Å². The van der Waals surface area contributed by atoms with Crippen LogP contribution in [0.3, 0.4) is 0 Å². The lowest BCUT2D eigenvalue weighted by Crippen LogP contribution is -2.32. The Morgan fingerprint density at radius 1 is 0.326 bits per heavy atom. The van der Waals surface area contributed by atoms with Crippen molar-refractivity contribution < 1.29 is 57.1 Å². The van der Waals surface area contributed by atoms with Gasteiger partial charge in [-0.2, -0.15) is 0 Å². The van der Waals surface area contributed by atoms with Crippen molar-refractivity contribution in [3.63, 3.8) is 0 Å². The van der Waals surface area contributed by atoms with Crippen LogP contribution in [-0.2, 0) is 48.1 Å². The van der Waals surface area contributed by atoms with E-state index in [4.69, 9.17) is 34.3 Å². The average molecular weight is 1210 g/mol. The van der Waals surface area contributed by atoms with Crippen LogP contribution in [0.2, 0.25) is 0 Å². The largest absolute Gasteiger partial charge is 0.215 e. The summed E-state index contributed by atoms with van der Waals surface area (Å²) in [5.41, 5.74) is 25.9. The van der Waals surface area contributed by atoms with Crippen LogP contribution in [0.4, 0.5) is 0 Å². The molecule has 0 N–H and O–H groups in total. The van der Waals surface area contributed by atoms with Crippen molar-refractivity contribution >= 4 is 0 Å². The lowest BCUT2D eigenvalue weighted by atomic mass is 9.94. The number of benzene rings is 5. The van der Waals surface area contributed by atoms with Crippen molar-refractivity contribution in [1.29, 1.82) is 0 Å². The molecule has 0 spiro atoms. The van der Waals surface area contributed by atoms with Gasteiger partial charge < -0.3 is 0 Å². The monoisotopic (exact) mass is 1210 g/mol. The van der Waals surface area contributed by atoms with E-state index in [1.165, 1.54) is 34.9 Å². The predicted octanol–water partition coefficient (Wildman–Crippen LogP) is 18.4. The maximum atomic E-state index is 8.24. The van der Waals surface area contributed by atoms with Gasteiger partial charge in [0.15, 0.2) is 31.0 Å². The number of hydrogen-bond acceptors (Lipinski definition) is 0. The van der Waals surface area contributed by atoms with Crippen LogP contribution in [-0.4, -0.2) is 0 Å². The molecule has 0 fully saturated rings. The molecule has 5 heteroatoms. The molecule has 464 valence electrons. The predicted molar refractivity (Wildman–Crippen MR) is 379 cm³/mol. The fourth-order valence-corrected chi connectivity index (χ4v) is 11.6. The Labute approximate surface area is 574 Å². The van der Waals surface area contributed by atoms with Gasteiger partial charge in [0.2, 0.25) is 28.5 Å². The summed E-state index contributed by atoms with van der Waals surface area (Å²) in [4.78, 5) is 0. The minimum absolute atomic E-state index is 0.0389. The molecule has 0 saturated carbocycles. The van der Waals surface area contributed by atoms with E-state index in [0.717, 1.165) is 106 Å². The highest BCUT2D eigenvalue weighted by molar-refractivity contribution is 5.69. The van der Waals surface area contributed by atoms with Gasteiger partial charge in [-0.3, -0.25) is 0 Å².